The third kappa shape index (κ3) is 11.7. The molecule has 0 bridgehead atoms. The Morgan fingerprint density at radius 2 is 0.952 bits per heavy atom. The van der Waals surface area contributed by atoms with Gasteiger partial charge in [0.25, 0.3) is 0 Å². The SMILES string of the molecule is O=C(O)CC(O)(CC(=O)OCc1ccc(O[C@@H]2O[C@H](CO)[C@@H](O)[C@H](O[C@@H]3O[C@H](CO)[C@@H](O)[C@H](O)[C@H]3O)[C@H]2O)cc1)C(=O)OCc1ccc(O[C@@H]2O[C@H](CO)[C@@H](O)[C@H](O)[C@H]2O)cc1. The molecular formula is C38H50O24. The lowest BCUT2D eigenvalue weighted by Crippen LogP contribution is -2.65. The molecule has 2 aromatic carbocycles. The van der Waals surface area contributed by atoms with E-state index in [4.69, 9.17) is 37.9 Å². The van der Waals surface area contributed by atoms with Gasteiger partial charge in [-0.1, -0.05) is 24.3 Å². The second kappa shape index (κ2) is 21.5. The van der Waals surface area contributed by atoms with E-state index in [9.17, 15) is 80.8 Å². The first-order chi connectivity index (χ1) is 29.4. The largest absolute Gasteiger partial charge is 0.481 e. The maximum absolute atomic E-state index is 12.9. The molecule has 24 nitrogen and oxygen atoms in total. The fourth-order valence-corrected chi connectivity index (χ4v) is 6.60. The van der Waals surface area contributed by atoms with Crippen LogP contribution in [0.4, 0.5) is 0 Å². The smallest absolute Gasteiger partial charge is 0.339 e. The van der Waals surface area contributed by atoms with E-state index in [1.54, 1.807) is 0 Å². The molecular weight excluding hydrogens is 840 g/mol. The first-order valence-corrected chi connectivity index (χ1v) is 19.1. The molecule has 13 N–H and O–H groups in total. The van der Waals surface area contributed by atoms with Crippen molar-refractivity contribution in [1.29, 1.82) is 0 Å². The number of carboxylic acids is 1. The van der Waals surface area contributed by atoms with Crippen LogP contribution in [0.3, 0.4) is 0 Å². The molecule has 3 aliphatic rings. The number of aliphatic carboxylic acids is 1. The Bertz CT molecular complexity index is 1760. The van der Waals surface area contributed by atoms with Crippen molar-refractivity contribution in [2.24, 2.45) is 0 Å². The van der Waals surface area contributed by atoms with Crippen molar-refractivity contribution >= 4 is 17.9 Å². The van der Waals surface area contributed by atoms with Crippen LogP contribution in [0.15, 0.2) is 48.5 Å². The number of benzene rings is 2. The maximum Gasteiger partial charge on any atom is 0.339 e. The molecule has 0 aliphatic carbocycles. The van der Waals surface area contributed by atoms with Crippen molar-refractivity contribution in [3.05, 3.63) is 59.7 Å². The highest BCUT2D eigenvalue weighted by atomic mass is 16.7. The van der Waals surface area contributed by atoms with Gasteiger partial charge in [0, 0.05) is 0 Å². The molecule has 0 spiro atoms. The molecule has 5 rings (SSSR count). The molecule has 0 amide bonds. The Hall–Kier alpha value is -4.19. The number of carboxylic acid groups (broad SMARTS) is 1. The zero-order valence-corrected chi connectivity index (χ0v) is 32.5. The number of hydrogen-bond acceptors (Lipinski definition) is 23. The third-order valence-corrected chi connectivity index (χ3v) is 10.2. The fraction of sp³-hybridized carbons (Fsp3) is 0.605. The molecule has 16 atom stereocenters. The minimum atomic E-state index is -2.85. The van der Waals surface area contributed by atoms with Crippen LogP contribution < -0.4 is 9.47 Å². The standard InChI is InChI=1S/C38H50O24/c39-11-20-25(45)28(48)30(50)34(59-20)57-18-7-3-17(4-8-18)15-56-37(53)38(54,9-23(42)43)10-24(44)55-14-16-1-5-19(6-2-16)58-36-32(52)33(27(47)22(13-41)61-36)62-35-31(51)29(49)26(46)21(12-40)60-35/h1-8,20-22,25-36,39-41,45-52,54H,9-15H2,(H,42,43)/t20-,21-,22-,25-,26-,27-,28+,29+,30-,31-,32-,33+,34-,35+,36-,38?/m1/s1. The lowest BCUT2D eigenvalue weighted by atomic mass is 9.95. The van der Waals surface area contributed by atoms with Gasteiger partial charge in [-0.25, -0.2) is 4.79 Å². The lowest BCUT2D eigenvalue weighted by Gasteiger charge is -2.45. The summed E-state index contributed by atoms with van der Waals surface area (Å²) in [6.45, 7) is -3.16. The minimum absolute atomic E-state index is 0.0401. The summed E-state index contributed by atoms with van der Waals surface area (Å²) >= 11 is 0. The van der Waals surface area contributed by atoms with Crippen LogP contribution in [-0.4, -0.2) is 202 Å². The van der Waals surface area contributed by atoms with E-state index < -0.39 is 162 Å². The van der Waals surface area contributed by atoms with E-state index >= 15 is 0 Å². The summed E-state index contributed by atoms with van der Waals surface area (Å²) in [4.78, 5) is 37.2. The fourth-order valence-electron chi connectivity index (χ4n) is 6.60. The van der Waals surface area contributed by atoms with Gasteiger partial charge in [0.2, 0.25) is 12.6 Å². The Morgan fingerprint density at radius 3 is 1.42 bits per heavy atom. The van der Waals surface area contributed by atoms with Crippen LogP contribution >= 0.6 is 0 Å². The average Bonchev–Trinajstić information content (AvgIpc) is 3.25. The van der Waals surface area contributed by atoms with Gasteiger partial charge in [-0.3, -0.25) is 9.59 Å². The van der Waals surface area contributed by atoms with E-state index in [2.05, 4.69) is 0 Å². The van der Waals surface area contributed by atoms with Gasteiger partial charge < -0.3 is 104 Å². The van der Waals surface area contributed by atoms with Crippen molar-refractivity contribution in [1.82, 2.24) is 0 Å². The quantitative estimate of drug-likeness (QED) is 0.0620. The van der Waals surface area contributed by atoms with Gasteiger partial charge >= 0.3 is 17.9 Å². The van der Waals surface area contributed by atoms with Crippen LogP contribution in [0.2, 0.25) is 0 Å². The Kier molecular flexibility index (Phi) is 16.9. The number of hydrogen-bond donors (Lipinski definition) is 13. The molecule has 346 valence electrons. The summed E-state index contributed by atoms with van der Waals surface area (Å²) in [5.74, 6) is -4.14. The van der Waals surface area contributed by atoms with Gasteiger partial charge in [-0.2, -0.15) is 0 Å². The second-order valence-corrected chi connectivity index (χ2v) is 14.7. The van der Waals surface area contributed by atoms with Crippen molar-refractivity contribution in [2.45, 2.75) is 124 Å². The monoisotopic (exact) mass is 890 g/mol. The van der Waals surface area contributed by atoms with Gasteiger partial charge in [-0.05, 0) is 35.4 Å². The third-order valence-electron chi connectivity index (χ3n) is 10.2. The predicted molar refractivity (Wildman–Crippen MR) is 196 cm³/mol. The molecule has 3 fully saturated rings. The first-order valence-electron chi connectivity index (χ1n) is 19.1. The highest BCUT2D eigenvalue weighted by Crippen LogP contribution is 2.31. The summed E-state index contributed by atoms with van der Waals surface area (Å²) in [6, 6.07) is 11.0. The number of carbonyl (C=O) groups is 3. The normalized spacial score (nSPS) is 34.7. The molecule has 0 radical (unpaired) electrons. The number of rotatable bonds is 18. The molecule has 62 heavy (non-hydrogen) atoms. The van der Waals surface area contributed by atoms with E-state index in [0.29, 0.717) is 11.1 Å². The van der Waals surface area contributed by atoms with Crippen molar-refractivity contribution < 1.29 is 119 Å². The molecule has 0 aromatic heterocycles. The first kappa shape index (κ1) is 48.8. The zero-order chi connectivity index (χ0) is 45.5. The summed E-state index contributed by atoms with van der Waals surface area (Å²) in [6.07, 6.45) is -26.6. The van der Waals surface area contributed by atoms with Crippen molar-refractivity contribution in [3.8, 4) is 11.5 Å². The van der Waals surface area contributed by atoms with E-state index in [1.165, 1.54) is 48.5 Å². The van der Waals surface area contributed by atoms with Crippen molar-refractivity contribution in [3.63, 3.8) is 0 Å². The average molecular weight is 891 g/mol. The second-order valence-electron chi connectivity index (χ2n) is 14.7. The Morgan fingerprint density at radius 1 is 0.532 bits per heavy atom. The maximum atomic E-state index is 12.9. The lowest BCUT2D eigenvalue weighted by molar-refractivity contribution is -0.352. The Balaban J connectivity index is 1.12. The highest BCUT2D eigenvalue weighted by molar-refractivity contribution is 5.89. The molecule has 3 aliphatic heterocycles. The van der Waals surface area contributed by atoms with E-state index in [1.807, 2.05) is 0 Å². The minimum Gasteiger partial charge on any atom is -0.481 e. The van der Waals surface area contributed by atoms with Gasteiger partial charge in [0.05, 0.1) is 32.7 Å². The van der Waals surface area contributed by atoms with Gasteiger partial charge in [0.15, 0.2) is 11.9 Å². The number of esters is 2. The molecule has 1 unspecified atom stereocenters. The topological polar surface area (TPSA) is 388 Å². The number of aliphatic hydroxyl groups is 12. The van der Waals surface area contributed by atoms with Crippen LogP contribution in [0.25, 0.3) is 0 Å². The summed E-state index contributed by atoms with van der Waals surface area (Å²) < 4.78 is 43.1. The predicted octanol–water partition coefficient (Wildman–Crippen LogP) is -5.75. The summed E-state index contributed by atoms with van der Waals surface area (Å²) in [7, 11) is 0. The zero-order valence-electron chi connectivity index (χ0n) is 32.5. The van der Waals surface area contributed by atoms with Crippen LogP contribution in [0.5, 0.6) is 11.5 Å². The van der Waals surface area contributed by atoms with E-state index in [0.717, 1.165) is 0 Å². The van der Waals surface area contributed by atoms with Crippen molar-refractivity contribution in [2.75, 3.05) is 19.8 Å². The van der Waals surface area contributed by atoms with Crippen LogP contribution in [0, 0.1) is 0 Å². The van der Waals surface area contributed by atoms with Crippen LogP contribution in [0.1, 0.15) is 24.0 Å². The molecule has 3 saturated heterocycles. The molecule has 24 heteroatoms. The number of carbonyl (C=O) groups excluding carboxylic acids is 2. The highest BCUT2D eigenvalue weighted by Gasteiger charge is 2.51. The Labute approximate surface area is 351 Å². The molecule has 3 heterocycles. The molecule has 2 aromatic rings. The molecule has 0 saturated carbocycles. The summed E-state index contributed by atoms with van der Waals surface area (Å²) in [5, 5.41) is 131. The summed E-state index contributed by atoms with van der Waals surface area (Å²) in [5.41, 5.74) is -2.21. The van der Waals surface area contributed by atoms with E-state index in [-0.39, 0.29) is 11.5 Å². The van der Waals surface area contributed by atoms with Gasteiger partial charge in [0.1, 0.15) is 98.0 Å². The number of aliphatic hydroxyl groups excluding tert-OH is 11. The van der Waals surface area contributed by atoms with Crippen LogP contribution in [-0.2, 0) is 56.0 Å². The van der Waals surface area contributed by atoms with Gasteiger partial charge in [-0.15, -0.1) is 0 Å². The number of ether oxygens (including phenoxy) is 8.